The van der Waals surface area contributed by atoms with Crippen LogP contribution < -0.4 is 15.1 Å². The number of ether oxygens (including phenoxy) is 1. The van der Waals surface area contributed by atoms with Gasteiger partial charge in [0.05, 0.1) is 18.3 Å². The molecule has 3 heterocycles. The van der Waals surface area contributed by atoms with Crippen LogP contribution in [0.15, 0.2) is 65.8 Å². The van der Waals surface area contributed by atoms with E-state index in [2.05, 4.69) is 15.5 Å². The minimum absolute atomic E-state index is 0.00785. The summed E-state index contributed by atoms with van der Waals surface area (Å²) in [6.45, 7) is 0. The molecule has 1 N–H and O–H groups in total. The van der Waals surface area contributed by atoms with E-state index in [1.807, 2.05) is 18.2 Å². The summed E-state index contributed by atoms with van der Waals surface area (Å²) in [7, 11) is 1.50. The highest BCUT2D eigenvalue weighted by molar-refractivity contribution is 6.52. The molecule has 2 aromatic carbocycles. The van der Waals surface area contributed by atoms with Gasteiger partial charge >= 0.3 is 0 Å². The minimum Gasteiger partial charge on any atom is -0.497 e. The summed E-state index contributed by atoms with van der Waals surface area (Å²) >= 11 is 0. The number of hydrogen-bond donors (Lipinski definition) is 1. The van der Waals surface area contributed by atoms with Crippen molar-refractivity contribution >= 4 is 39.9 Å². The second kappa shape index (κ2) is 6.77. The molecule has 0 spiro atoms. The Balaban J connectivity index is 1.48. The van der Waals surface area contributed by atoms with E-state index in [9.17, 15) is 14.4 Å². The molecule has 1 aromatic heterocycles. The lowest BCUT2D eigenvalue weighted by molar-refractivity contribution is -0.122. The van der Waals surface area contributed by atoms with Crippen LogP contribution in [0.5, 0.6) is 5.75 Å². The molecule has 3 aromatic rings. The van der Waals surface area contributed by atoms with E-state index >= 15 is 0 Å². The standard InChI is InChI=1S/C22H16N4O4/c1-30-14-7-4-6-13(11-14)26-21(28)17-18(24-25-19(17)22(26)29)20(27)16-10-9-12-5-2-3-8-15(12)23-16/h2-11,17,19,25H,1H3/t17-,19+/m1/s1. The molecule has 8 nitrogen and oxygen atoms in total. The number of methoxy groups -OCH3 is 1. The highest BCUT2D eigenvalue weighted by Crippen LogP contribution is 2.32. The molecule has 30 heavy (non-hydrogen) atoms. The zero-order chi connectivity index (χ0) is 20.8. The summed E-state index contributed by atoms with van der Waals surface area (Å²) in [5, 5.41) is 4.92. The van der Waals surface area contributed by atoms with E-state index in [-0.39, 0.29) is 11.4 Å². The third-order valence-corrected chi connectivity index (χ3v) is 5.30. The lowest BCUT2D eigenvalue weighted by Gasteiger charge is -2.16. The maximum Gasteiger partial charge on any atom is 0.259 e. The Labute approximate surface area is 171 Å². The van der Waals surface area contributed by atoms with Gasteiger partial charge in [-0.15, -0.1) is 0 Å². The topological polar surface area (TPSA) is 101 Å². The fourth-order valence-corrected chi connectivity index (χ4v) is 3.80. The number of Topliss-reactive ketones (excluding diaryl/α,β-unsaturated/α-hetero) is 1. The smallest absolute Gasteiger partial charge is 0.259 e. The number of nitrogens with zero attached hydrogens (tertiary/aromatic N) is 3. The Morgan fingerprint density at radius 3 is 2.70 bits per heavy atom. The first kappa shape index (κ1) is 18.0. The monoisotopic (exact) mass is 400 g/mol. The van der Waals surface area contributed by atoms with Gasteiger partial charge in [0.25, 0.3) is 5.91 Å². The fraction of sp³-hybridized carbons (Fsp3) is 0.136. The third-order valence-electron chi connectivity index (χ3n) is 5.30. The van der Waals surface area contributed by atoms with Gasteiger partial charge in [0.1, 0.15) is 29.1 Å². The van der Waals surface area contributed by atoms with Crippen molar-refractivity contribution in [2.75, 3.05) is 12.0 Å². The predicted octanol–water partition coefficient (Wildman–Crippen LogP) is 1.94. The van der Waals surface area contributed by atoms with Crippen molar-refractivity contribution in [1.82, 2.24) is 10.4 Å². The number of carbonyl (C=O) groups is 3. The Hall–Kier alpha value is -4.07. The number of ketones is 1. The SMILES string of the molecule is COc1cccc(N2C(=O)[C@@H]3C(C(=O)c4ccc5ccccc5n4)=NN[C@@H]3C2=O)c1. The Morgan fingerprint density at radius 2 is 1.87 bits per heavy atom. The van der Waals surface area contributed by atoms with Crippen LogP contribution in [-0.4, -0.2) is 41.4 Å². The Bertz CT molecular complexity index is 1250. The number of anilines is 1. The first-order valence-corrected chi connectivity index (χ1v) is 9.34. The molecule has 5 rings (SSSR count). The molecule has 2 aliphatic heterocycles. The number of imide groups is 1. The summed E-state index contributed by atoms with van der Waals surface area (Å²) < 4.78 is 5.18. The van der Waals surface area contributed by atoms with Gasteiger partial charge in [-0.2, -0.15) is 5.10 Å². The summed E-state index contributed by atoms with van der Waals surface area (Å²) in [5.74, 6) is -1.92. The number of rotatable bonds is 4. The van der Waals surface area contributed by atoms with Crippen LogP contribution in [0, 0.1) is 5.92 Å². The molecule has 8 heteroatoms. The number of fused-ring (bicyclic) bond motifs is 2. The highest BCUT2D eigenvalue weighted by atomic mass is 16.5. The molecular weight excluding hydrogens is 384 g/mol. The minimum atomic E-state index is -0.996. The van der Waals surface area contributed by atoms with E-state index in [4.69, 9.17) is 4.74 Å². The van der Waals surface area contributed by atoms with E-state index < -0.39 is 29.6 Å². The maximum absolute atomic E-state index is 13.1. The largest absolute Gasteiger partial charge is 0.497 e. The van der Waals surface area contributed by atoms with Crippen molar-refractivity contribution in [2.24, 2.45) is 11.0 Å². The van der Waals surface area contributed by atoms with Gasteiger partial charge in [-0.1, -0.05) is 30.3 Å². The average Bonchev–Trinajstić information content (AvgIpc) is 3.33. The second-order valence-corrected chi connectivity index (χ2v) is 7.01. The third kappa shape index (κ3) is 2.65. The Morgan fingerprint density at radius 1 is 1.03 bits per heavy atom. The first-order chi connectivity index (χ1) is 14.6. The van der Waals surface area contributed by atoms with Gasteiger partial charge in [0.2, 0.25) is 11.7 Å². The highest BCUT2D eigenvalue weighted by Gasteiger charge is 2.55. The zero-order valence-corrected chi connectivity index (χ0v) is 15.9. The van der Waals surface area contributed by atoms with E-state index in [0.717, 1.165) is 10.3 Å². The van der Waals surface area contributed by atoms with Gasteiger partial charge in [-0.3, -0.25) is 19.8 Å². The summed E-state index contributed by atoms with van der Waals surface area (Å²) in [4.78, 5) is 44.6. The molecule has 0 bridgehead atoms. The van der Waals surface area contributed by atoms with Crippen molar-refractivity contribution in [2.45, 2.75) is 6.04 Å². The number of para-hydroxylation sites is 1. The molecule has 1 saturated heterocycles. The van der Waals surface area contributed by atoms with E-state index in [0.29, 0.717) is 17.0 Å². The van der Waals surface area contributed by atoms with Gasteiger partial charge in [0.15, 0.2) is 0 Å². The molecule has 148 valence electrons. The number of pyridine rings is 1. The van der Waals surface area contributed by atoms with Crippen LogP contribution >= 0.6 is 0 Å². The average molecular weight is 400 g/mol. The van der Waals surface area contributed by atoms with Crippen molar-refractivity contribution in [3.63, 3.8) is 0 Å². The lowest BCUT2D eigenvalue weighted by atomic mass is 9.94. The quantitative estimate of drug-likeness (QED) is 0.531. The number of nitrogens with one attached hydrogen (secondary N) is 1. The van der Waals surface area contributed by atoms with Crippen molar-refractivity contribution in [3.8, 4) is 5.75 Å². The molecule has 1 fully saturated rings. The summed E-state index contributed by atoms with van der Waals surface area (Å²) in [6.07, 6.45) is 0. The van der Waals surface area contributed by atoms with Gasteiger partial charge in [-0.25, -0.2) is 9.88 Å². The molecule has 0 saturated carbocycles. The number of hydrogen-bond acceptors (Lipinski definition) is 7. The van der Waals surface area contributed by atoms with Crippen molar-refractivity contribution in [1.29, 1.82) is 0 Å². The molecule has 0 aliphatic carbocycles. The normalized spacial score (nSPS) is 20.2. The summed E-state index contributed by atoms with van der Waals surface area (Å²) in [5.41, 5.74) is 3.88. The molecule has 0 radical (unpaired) electrons. The van der Waals surface area contributed by atoms with Crippen molar-refractivity contribution in [3.05, 3.63) is 66.4 Å². The van der Waals surface area contributed by atoms with Crippen LogP contribution in [-0.2, 0) is 9.59 Å². The maximum atomic E-state index is 13.1. The van der Waals surface area contributed by atoms with Crippen LogP contribution in [0.2, 0.25) is 0 Å². The van der Waals surface area contributed by atoms with Gasteiger partial charge in [0, 0.05) is 11.5 Å². The van der Waals surface area contributed by atoms with Crippen LogP contribution in [0.4, 0.5) is 5.69 Å². The van der Waals surface area contributed by atoms with E-state index in [1.165, 1.54) is 7.11 Å². The fourth-order valence-electron chi connectivity index (χ4n) is 3.80. The molecule has 0 unspecified atom stereocenters. The van der Waals surface area contributed by atoms with Crippen LogP contribution in [0.25, 0.3) is 10.9 Å². The van der Waals surface area contributed by atoms with Crippen LogP contribution in [0.3, 0.4) is 0 Å². The van der Waals surface area contributed by atoms with Crippen LogP contribution in [0.1, 0.15) is 10.5 Å². The molecule has 2 aliphatic rings. The predicted molar refractivity (Wildman–Crippen MR) is 109 cm³/mol. The van der Waals surface area contributed by atoms with Gasteiger partial charge in [-0.05, 0) is 24.3 Å². The van der Waals surface area contributed by atoms with Crippen molar-refractivity contribution < 1.29 is 19.1 Å². The lowest BCUT2D eigenvalue weighted by Crippen LogP contribution is -2.36. The second-order valence-electron chi connectivity index (χ2n) is 7.01. The number of amides is 2. The first-order valence-electron chi connectivity index (χ1n) is 9.34. The summed E-state index contributed by atoms with van der Waals surface area (Å²) in [6, 6.07) is 16.5. The number of carbonyl (C=O) groups excluding carboxylic acids is 3. The molecule has 2 atom stereocenters. The molecule has 2 amide bonds. The Kier molecular flexibility index (Phi) is 4.06. The number of aromatic nitrogens is 1. The van der Waals surface area contributed by atoms with E-state index in [1.54, 1.807) is 42.5 Å². The zero-order valence-electron chi connectivity index (χ0n) is 15.9. The number of benzene rings is 2. The number of hydrazone groups is 1. The molecular formula is C22H16N4O4. The van der Waals surface area contributed by atoms with Gasteiger partial charge < -0.3 is 4.74 Å².